The first-order chi connectivity index (χ1) is 11.6. The Morgan fingerprint density at radius 2 is 1.83 bits per heavy atom. The van der Waals surface area contributed by atoms with Crippen molar-refractivity contribution in [2.24, 2.45) is 5.92 Å². The van der Waals surface area contributed by atoms with E-state index < -0.39 is 0 Å². The minimum atomic E-state index is -0.0367. The molecule has 3 heterocycles. The molecule has 2 aliphatic heterocycles. The number of pyridine rings is 1. The smallest absolute Gasteiger partial charge is 0.260 e. The molecule has 0 saturated carbocycles. The Labute approximate surface area is 142 Å². The van der Waals surface area contributed by atoms with E-state index >= 15 is 0 Å². The molecule has 2 aliphatic rings. The number of amides is 2. The first-order valence-corrected chi connectivity index (χ1v) is 8.76. The van der Waals surface area contributed by atoms with E-state index in [-0.39, 0.29) is 24.3 Å². The van der Waals surface area contributed by atoms with E-state index in [2.05, 4.69) is 4.98 Å². The number of nitrogens with zero attached hydrogens (tertiary/aromatic N) is 3. The van der Waals surface area contributed by atoms with Crippen molar-refractivity contribution >= 4 is 11.8 Å². The maximum Gasteiger partial charge on any atom is 0.260 e. The van der Waals surface area contributed by atoms with Crippen molar-refractivity contribution in [3.05, 3.63) is 23.9 Å². The minimum Gasteiger partial charge on any atom is -0.468 e. The molecule has 0 aromatic carbocycles. The van der Waals surface area contributed by atoms with Crippen molar-refractivity contribution in [1.82, 2.24) is 14.8 Å². The molecular weight excluding hydrogens is 306 g/mol. The van der Waals surface area contributed by atoms with Crippen LogP contribution in [0.4, 0.5) is 0 Å². The molecule has 0 bridgehead atoms. The summed E-state index contributed by atoms with van der Waals surface area (Å²) in [4.78, 5) is 32.7. The zero-order valence-corrected chi connectivity index (χ0v) is 14.2. The van der Waals surface area contributed by atoms with Gasteiger partial charge < -0.3 is 14.5 Å². The fourth-order valence-corrected chi connectivity index (χ4v) is 3.40. The quantitative estimate of drug-likeness (QED) is 0.841. The number of likely N-dealkylation sites (tertiary alicyclic amines) is 2. The number of ether oxygens (including phenoxy) is 1. The summed E-state index contributed by atoms with van der Waals surface area (Å²) in [5.41, 5.74) is 0.862. The molecular formula is C18H25N3O3. The van der Waals surface area contributed by atoms with Crippen LogP contribution in [0.5, 0.6) is 5.88 Å². The van der Waals surface area contributed by atoms with Crippen molar-refractivity contribution in [1.29, 1.82) is 0 Å². The maximum atomic E-state index is 12.4. The van der Waals surface area contributed by atoms with E-state index in [1.54, 1.807) is 11.0 Å². The van der Waals surface area contributed by atoms with Crippen LogP contribution in [0.3, 0.4) is 0 Å². The highest BCUT2D eigenvalue weighted by atomic mass is 16.5. The number of rotatable bonds is 4. The molecule has 0 spiro atoms. The lowest BCUT2D eigenvalue weighted by Crippen LogP contribution is -2.45. The highest BCUT2D eigenvalue weighted by Gasteiger charge is 2.31. The minimum absolute atomic E-state index is 0.00118. The van der Waals surface area contributed by atoms with Gasteiger partial charge in [0.05, 0.1) is 0 Å². The molecule has 3 rings (SSSR count). The molecule has 1 aromatic heterocycles. The summed E-state index contributed by atoms with van der Waals surface area (Å²) in [7, 11) is 0. The van der Waals surface area contributed by atoms with E-state index in [1.165, 1.54) is 0 Å². The number of aromatic nitrogens is 1. The summed E-state index contributed by atoms with van der Waals surface area (Å²) in [6.45, 7) is 4.95. The number of carbonyl (C=O) groups is 2. The van der Waals surface area contributed by atoms with Crippen molar-refractivity contribution in [2.45, 2.75) is 32.6 Å². The second kappa shape index (κ2) is 7.64. The highest BCUT2D eigenvalue weighted by Crippen LogP contribution is 2.22. The molecule has 0 unspecified atom stereocenters. The number of carbonyl (C=O) groups excluding carboxylic acids is 2. The Bertz CT molecular complexity index is 591. The summed E-state index contributed by atoms with van der Waals surface area (Å²) in [5, 5.41) is 0. The zero-order valence-electron chi connectivity index (χ0n) is 14.2. The van der Waals surface area contributed by atoms with Crippen LogP contribution >= 0.6 is 0 Å². The predicted molar refractivity (Wildman–Crippen MR) is 89.6 cm³/mol. The molecule has 24 heavy (non-hydrogen) atoms. The van der Waals surface area contributed by atoms with E-state index in [1.807, 2.05) is 24.0 Å². The van der Waals surface area contributed by atoms with E-state index in [0.29, 0.717) is 19.0 Å². The van der Waals surface area contributed by atoms with Gasteiger partial charge in [-0.25, -0.2) is 4.98 Å². The van der Waals surface area contributed by atoms with Crippen LogP contribution in [-0.2, 0) is 9.59 Å². The van der Waals surface area contributed by atoms with Crippen LogP contribution in [0.2, 0.25) is 0 Å². The maximum absolute atomic E-state index is 12.4. The topological polar surface area (TPSA) is 62.7 Å². The van der Waals surface area contributed by atoms with Crippen LogP contribution in [0.15, 0.2) is 18.2 Å². The number of aryl methyl sites for hydroxylation is 1. The Morgan fingerprint density at radius 3 is 2.50 bits per heavy atom. The number of hydrogen-bond donors (Lipinski definition) is 0. The lowest BCUT2D eigenvalue weighted by atomic mass is 9.95. The molecule has 0 radical (unpaired) electrons. The average molecular weight is 331 g/mol. The summed E-state index contributed by atoms with van der Waals surface area (Å²) >= 11 is 0. The summed E-state index contributed by atoms with van der Waals surface area (Å²) < 4.78 is 5.48. The van der Waals surface area contributed by atoms with Gasteiger partial charge in [0.15, 0.2) is 6.61 Å². The van der Waals surface area contributed by atoms with Crippen LogP contribution in [0, 0.1) is 12.8 Å². The summed E-state index contributed by atoms with van der Waals surface area (Å²) in [6.07, 6.45) is 3.74. The Kier molecular flexibility index (Phi) is 5.33. The van der Waals surface area contributed by atoms with Crippen LogP contribution in [0.25, 0.3) is 0 Å². The van der Waals surface area contributed by atoms with E-state index in [0.717, 1.165) is 44.5 Å². The second-order valence-corrected chi connectivity index (χ2v) is 6.59. The Balaban J connectivity index is 1.44. The Hall–Kier alpha value is -2.11. The highest BCUT2D eigenvalue weighted by molar-refractivity contribution is 5.80. The molecule has 0 atom stereocenters. The molecule has 6 nitrogen and oxygen atoms in total. The molecule has 2 saturated heterocycles. The molecule has 0 aliphatic carbocycles. The first-order valence-electron chi connectivity index (χ1n) is 8.76. The van der Waals surface area contributed by atoms with Gasteiger partial charge in [-0.3, -0.25) is 9.59 Å². The first kappa shape index (κ1) is 16.7. The molecule has 1 aromatic rings. The lowest BCUT2D eigenvalue weighted by molar-refractivity contribution is -0.141. The van der Waals surface area contributed by atoms with Crippen LogP contribution in [0.1, 0.15) is 31.4 Å². The predicted octanol–water partition coefficient (Wildman–Crippen LogP) is 1.63. The van der Waals surface area contributed by atoms with Gasteiger partial charge in [0.2, 0.25) is 11.8 Å². The van der Waals surface area contributed by atoms with Crippen molar-refractivity contribution in [3.63, 3.8) is 0 Å². The summed E-state index contributed by atoms with van der Waals surface area (Å²) in [5.74, 6) is 0.791. The van der Waals surface area contributed by atoms with Gasteiger partial charge in [0.25, 0.3) is 5.91 Å². The van der Waals surface area contributed by atoms with Gasteiger partial charge in [0, 0.05) is 43.9 Å². The van der Waals surface area contributed by atoms with E-state index in [4.69, 9.17) is 4.74 Å². The summed E-state index contributed by atoms with van der Waals surface area (Å²) in [6, 6.07) is 5.50. The molecule has 130 valence electrons. The number of hydrogen-bond acceptors (Lipinski definition) is 4. The normalized spacial score (nSPS) is 18.7. The third kappa shape index (κ3) is 4.04. The average Bonchev–Trinajstić information content (AvgIpc) is 3.14. The van der Waals surface area contributed by atoms with Gasteiger partial charge in [0.1, 0.15) is 0 Å². The van der Waals surface area contributed by atoms with Crippen molar-refractivity contribution < 1.29 is 14.3 Å². The van der Waals surface area contributed by atoms with E-state index in [9.17, 15) is 9.59 Å². The molecule has 2 amide bonds. The zero-order chi connectivity index (χ0) is 16.9. The fourth-order valence-electron chi connectivity index (χ4n) is 3.40. The molecule has 0 N–H and O–H groups in total. The molecule has 6 heteroatoms. The van der Waals surface area contributed by atoms with Gasteiger partial charge >= 0.3 is 0 Å². The number of piperidine rings is 1. The standard InChI is InChI=1S/C18H25N3O3/c1-14-5-4-6-16(19-14)24-13-17(22)20-11-7-15(8-12-20)18(23)21-9-2-3-10-21/h4-6,15H,2-3,7-13H2,1H3. The monoisotopic (exact) mass is 331 g/mol. The van der Waals surface area contributed by atoms with Crippen LogP contribution in [-0.4, -0.2) is 59.4 Å². The van der Waals surface area contributed by atoms with Crippen LogP contribution < -0.4 is 4.74 Å². The third-order valence-electron chi connectivity index (χ3n) is 4.82. The van der Waals surface area contributed by atoms with Gasteiger partial charge in [-0.2, -0.15) is 0 Å². The van der Waals surface area contributed by atoms with Crippen molar-refractivity contribution in [2.75, 3.05) is 32.8 Å². The van der Waals surface area contributed by atoms with Crippen molar-refractivity contribution in [3.8, 4) is 5.88 Å². The van der Waals surface area contributed by atoms with Gasteiger partial charge in [-0.15, -0.1) is 0 Å². The Morgan fingerprint density at radius 1 is 1.12 bits per heavy atom. The molecule has 2 fully saturated rings. The van der Waals surface area contributed by atoms with Gasteiger partial charge in [-0.05, 0) is 38.7 Å². The lowest BCUT2D eigenvalue weighted by Gasteiger charge is -2.33. The fraction of sp³-hybridized carbons (Fsp3) is 0.611. The second-order valence-electron chi connectivity index (χ2n) is 6.59. The largest absolute Gasteiger partial charge is 0.468 e. The third-order valence-corrected chi connectivity index (χ3v) is 4.82. The SMILES string of the molecule is Cc1cccc(OCC(=O)N2CCC(C(=O)N3CCCC3)CC2)n1. The van der Waals surface area contributed by atoms with Gasteiger partial charge in [-0.1, -0.05) is 6.07 Å².